The molecule has 0 spiro atoms. The standard InChI is InChI=1S/C26H26N2O4/c29-25(27-15-19-9-6-14-31-19)24-13-12-23(32-24)22-17-28(16-18-7-2-1-3-8-18)26(30)21-11-5-4-10-20(21)22/h1-5,7-8,10-13,19,22H,6,9,14-17H2,(H,27,29)/t19-,22-/m0/s1. The van der Waals surface area contributed by atoms with Crippen LogP contribution in [0.2, 0.25) is 0 Å². The summed E-state index contributed by atoms with van der Waals surface area (Å²) in [5.41, 5.74) is 2.69. The minimum absolute atomic E-state index is 0.0155. The van der Waals surface area contributed by atoms with Crippen LogP contribution < -0.4 is 5.32 Å². The van der Waals surface area contributed by atoms with Crippen LogP contribution in [0, 0.1) is 0 Å². The lowest BCUT2D eigenvalue weighted by Gasteiger charge is -2.33. The molecule has 0 radical (unpaired) electrons. The molecule has 2 aromatic carbocycles. The third-order valence-corrected chi connectivity index (χ3v) is 6.18. The Hall–Kier alpha value is -3.38. The number of benzene rings is 2. The van der Waals surface area contributed by atoms with Crippen LogP contribution in [0.5, 0.6) is 0 Å². The van der Waals surface area contributed by atoms with Gasteiger partial charge in [-0.05, 0) is 42.2 Å². The zero-order valence-electron chi connectivity index (χ0n) is 17.8. The molecule has 0 aliphatic carbocycles. The van der Waals surface area contributed by atoms with Crippen molar-refractivity contribution in [2.75, 3.05) is 19.7 Å². The zero-order chi connectivity index (χ0) is 21.9. The predicted molar refractivity (Wildman–Crippen MR) is 119 cm³/mol. The van der Waals surface area contributed by atoms with E-state index in [-0.39, 0.29) is 29.6 Å². The number of hydrogen-bond acceptors (Lipinski definition) is 4. The second kappa shape index (κ2) is 9.01. The Kier molecular flexibility index (Phi) is 5.77. The Balaban J connectivity index is 1.36. The summed E-state index contributed by atoms with van der Waals surface area (Å²) in [5, 5.41) is 2.90. The van der Waals surface area contributed by atoms with E-state index in [1.54, 1.807) is 6.07 Å². The van der Waals surface area contributed by atoms with E-state index in [2.05, 4.69) is 5.32 Å². The normalized spacial score (nSPS) is 20.2. The smallest absolute Gasteiger partial charge is 0.287 e. The molecule has 2 atom stereocenters. The SMILES string of the molecule is O=C(NC[C@@H]1CCCO1)c1ccc([C@H]2CN(Cc3ccccc3)C(=O)c3ccccc32)o1. The second-order valence-corrected chi connectivity index (χ2v) is 8.36. The van der Waals surface area contributed by atoms with Crippen molar-refractivity contribution in [2.24, 2.45) is 0 Å². The average molecular weight is 431 g/mol. The minimum atomic E-state index is -0.243. The van der Waals surface area contributed by atoms with E-state index < -0.39 is 0 Å². The van der Waals surface area contributed by atoms with Gasteiger partial charge in [-0.1, -0.05) is 48.5 Å². The van der Waals surface area contributed by atoms with Gasteiger partial charge in [0.15, 0.2) is 5.76 Å². The van der Waals surface area contributed by atoms with Gasteiger partial charge in [0.1, 0.15) is 5.76 Å². The third-order valence-electron chi connectivity index (χ3n) is 6.18. The number of ether oxygens (including phenoxy) is 1. The van der Waals surface area contributed by atoms with Gasteiger partial charge in [-0.15, -0.1) is 0 Å². The fourth-order valence-corrected chi connectivity index (χ4v) is 4.51. The average Bonchev–Trinajstić information content (AvgIpc) is 3.53. The molecule has 2 aliphatic rings. The van der Waals surface area contributed by atoms with Crippen molar-refractivity contribution in [1.29, 1.82) is 0 Å². The van der Waals surface area contributed by atoms with Crippen LogP contribution in [0.15, 0.2) is 71.1 Å². The lowest BCUT2D eigenvalue weighted by molar-refractivity contribution is 0.0709. The van der Waals surface area contributed by atoms with Crippen LogP contribution in [0.25, 0.3) is 0 Å². The molecular weight excluding hydrogens is 404 g/mol. The van der Waals surface area contributed by atoms with Gasteiger partial charge in [0, 0.05) is 31.8 Å². The van der Waals surface area contributed by atoms with Crippen molar-refractivity contribution in [3.8, 4) is 0 Å². The first kappa shape index (κ1) is 20.5. The molecule has 6 nitrogen and oxygen atoms in total. The second-order valence-electron chi connectivity index (χ2n) is 8.36. The van der Waals surface area contributed by atoms with E-state index in [1.165, 1.54) is 0 Å². The van der Waals surface area contributed by atoms with Crippen molar-refractivity contribution in [3.05, 3.63) is 94.9 Å². The molecule has 1 N–H and O–H groups in total. The molecular formula is C26H26N2O4. The van der Waals surface area contributed by atoms with E-state index in [9.17, 15) is 9.59 Å². The van der Waals surface area contributed by atoms with Gasteiger partial charge in [0.2, 0.25) is 0 Å². The number of furan rings is 1. The molecule has 0 unspecified atom stereocenters. The van der Waals surface area contributed by atoms with Gasteiger partial charge >= 0.3 is 0 Å². The highest BCUT2D eigenvalue weighted by Crippen LogP contribution is 2.35. The van der Waals surface area contributed by atoms with E-state index >= 15 is 0 Å². The van der Waals surface area contributed by atoms with Gasteiger partial charge in [0.25, 0.3) is 11.8 Å². The molecule has 2 amide bonds. The number of amides is 2. The van der Waals surface area contributed by atoms with Gasteiger partial charge in [-0.3, -0.25) is 9.59 Å². The summed E-state index contributed by atoms with van der Waals surface area (Å²) in [7, 11) is 0. The maximum atomic E-state index is 13.1. The number of rotatable bonds is 6. The summed E-state index contributed by atoms with van der Waals surface area (Å²) >= 11 is 0. The summed E-state index contributed by atoms with van der Waals surface area (Å²) < 4.78 is 11.6. The molecule has 32 heavy (non-hydrogen) atoms. The molecule has 1 aromatic heterocycles. The van der Waals surface area contributed by atoms with Crippen molar-refractivity contribution in [3.63, 3.8) is 0 Å². The molecule has 5 rings (SSSR count). The maximum absolute atomic E-state index is 13.1. The van der Waals surface area contributed by atoms with E-state index in [1.807, 2.05) is 65.6 Å². The fraction of sp³-hybridized carbons (Fsp3) is 0.308. The Morgan fingerprint density at radius 3 is 2.66 bits per heavy atom. The molecule has 0 saturated carbocycles. The van der Waals surface area contributed by atoms with E-state index in [4.69, 9.17) is 9.15 Å². The highest BCUT2D eigenvalue weighted by molar-refractivity contribution is 5.97. The van der Waals surface area contributed by atoms with Crippen molar-refractivity contribution >= 4 is 11.8 Å². The van der Waals surface area contributed by atoms with Gasteiger partial charge < -0.3 is 19.4 Å². The molecule has 1 fully saturated rings. The van der Waals surface area contributed by atoms with Crippen molar-refractivity contribution in [1.82, 2.24) is 10.2 Å². The number of carbonyl (C=O) groups is 2. The highest BCUT2D eigenvalue weighted by Gasteiger charge is 2.34. The predicted octanol–water partition coefficient (Wildman–Crippen LogP) is 3.98. The number of carbonyl (C=O) groups excluding carboxylic acids is 2. The molecule has 3 aromatic rings. The number of fused-ring (bicyclic) bond motifs is 1. The number of nitrogens with zero attached hydrogens (tertiary/aromatic N) is 1. The Morgan fingerprint density at radius 1 is 1.03 bits per heavy atom. The van der Waals surface area contributed by atoms with E-state index in [0.717, 1.165) is 30.6 Å². The third kappa shape index (κ3) is 4.18. The molecule has 3 heterocycles. The maximum Gasteiger partial charge on any atom is 0.287 e. The van der Waals surface area contributed by atoms with Crippen LogP contribution in [0.3, 0.4) is 0 Å². The molecule has 6 heteroatoms. The van der Waals surface area contributed by atoms with Crippen molar-refractivity contribution < 1.29 is 18.7 Å². The van der Waals surface area contributed by atoms with Crippen LogP contribution in [0.4, 0.5) is 0 Å². The Bertz CT molecular complexity index is 1100. The highest BCUT2D eigenvalue weighted by atomic mass is 16.5. The quantitative estimate of drug-likeness (QED) is 0.642. The Morgan fingerprint density at radius 2 is 1.84 bits per heavy atom. The van der Waals surface area contributed by atoms with Gasteiger partial charge in [0.05, 0.1) is 12.0 Å². The fourth-order valence-electron chi connectivity index (χ4n) is 4.51. The van der Waals surface area contributed by atoms with Crippen LogP contribution in [-0.2, 0) is 11.3 Å². The van der Waals surface area contributed by atoms with Crippen LogP contribution in [0.1, 0.15) is 56.6 Å². The van der Waals surface area contributed by atoms with Crippen LogP contribution in [-0.4, -0.2) is 42.5 Å². The van der Waals surface area contributed by atoms with Crippen molar-refractivity contribution in [2.45, 2.75) is 31.4 Å². The number of hydrogen-bond donors (Lipinski definition) is 1. The first-order valence-electron chi connectivity index (χ1n) is 11.1. The molecule has 164 valence electrons. The molecule has 1 saturated heterocycles. The van der Waals surface area contributed by atoms with E-state index in [0.29, 0.717) is 31.0 Å². The zero-order valence-corrected chi connectivity index (χ0v) is 17.8. The van der Waals surface area contributed by atoms with Gasteiger partial charge in [-0.2, -0.15) is 0 Å². The summed E-state index contributed by atoms with van der Waals surface area (Å²) in [5.74, 6) is 0.606. The Labute approximate surface area is 187 Å². The number of nitrogens with one attached hydrogen (secondary N) is 1. The summed E-state index contributed by atoms with van der Waals surface area (Å²) in [6.07, 6.45) is 2.08. The minimum Gasteiger partial charge on any atom is -0.455 e. The monoisotopic (exact) mass is 430 g/mol. The molecule has 2 aliphatic heterocycles. The first-order chi connectivity index (χ1) is 15.7. The van der Waals surface area contributed by atoms with Crippen LogP contribution >= 0.6 is 0 Å². The summed E-state index contributed by atoms with van der Waals surface area (Å²) in [6, 6.07) is 21.2. The topological polar surface area (TPSA) is 71.8 Å². The summed E-state index contributed by atoms with van der Waals surface area (Å²) in [4.78, 5) is 27.6. The lowest BCUT2D eigenvalue weighted by Crippen LogP contribution is -2.39. The first-order valence-corrected chi connectivity index (χ1v) is 11.1. The lowest BCUT2D eigenvalue weighted by atomic mass is 9.87. The largest absolute Gasteiger partial charge is 0.455 e. The molecule has 0 bridgehead atoms. The summed E-state index contributed by atoms with van der Waals surface area (Å²) in [6.45, 7) is 2.26. The van der Waals surface area contributed by atoms with Gasteiger partial charge in [-0.25, -0.2) is 0 Å².